The molecule has 2 aromatic rings. The number of benzene rings is 2. The molecule has 0 amide bonds. The molecule has 18 heavy (non-hydrogen) atoms. The second kappa shape index (κ2) is 4.82. The van der Waals surface area contributed by atoms with Gasteiger partial charge in [0.05, 0.1) is 12.0 Å². The molecule has 0 aliphatic rings. The first-order valence-electron chi connectivity index (χ1n) is 5.37. The van der Waals surface area contributed by atoms with Gasteiger partial charge >= 0.3 is 0 Å². The van der Waals surface area contributed by atoms with Crippen LogP contribution in [-0.4, -0.2) is 21.8 Å². The van der Waals surface area contributed by atoms with Crippen LogP contribution in [0.3, 0.4) is 0 Å². The van der Waals surface area contributed by atoms with Gasteiger partial charge in [-0.2, -0.15) is 0 Å². The molecule has 0 fully saturated rings. The fourth-order valence-electron chi connectivity index (χ4n) is 1.71. The van der Waals surface area contributed by atoms with Gasteiger partial charge in [0.15, 0.2) is 9.84 Å². The van der Waals surface area contributed by atoms with Crippen molar-refractivity contribution in [3.05, 3.63) is 48.5 Å². The van der Waals surface area contributed by atoms with Crippen LogP contribution < -0.4 is 4.74 Å². The monoisotopic (exact) mass is 261 g/mol. The van der Waals surface area contributed by atoms with E-state index in [1.807, 2.05) is 12.1 Å². The maximum Gasteiger partial charge on any atom is 0.176 e. The highest BCUT2D eigenvalue weighted by atomic mass is 32.2. The Balaban J connectivity index is 2.57. The zero-order valence-corrected chi connectivity index (χ0v) is 11.0. The van der Waals surface area contributed by atoms with Crippen molar-refractivity contribution >= 4 is 9.84 Å². The average Bonchev–Trinajstić information content (AvgIpc) is 2.38. The first-order chi connectivity index (χ1) is 8.52. The Kier molecular flexibility index (Phi) is 3.39. The molecule has 0 atom stereocenters. The highest BCUT2D eigenvalue weighted by molar-refractivity contribution is 7.90. The van der Waals surface area contributed by atoms with Gasteiger partial charge in [-0.3, -0.25) is 0 Å². The lowest BCUT2D eigenvalue weighted by atomic mass is 10.1. The van der Waals surface area contributed by atoms with Crippen molar-refractivity contribution in [3.63, 3.8) is 0 Å². The number of methoxy groups -OCH3 is 1. The summed E-state index contributed by atoms with van der Waals surface area (Å²) < 4.78 is 28.5. The number of sulfone groups is 1. The van der Waals surface area contributed by atoms with Crippen molar-refractivity contribution in [1.29, 1.82) is 0 Å². The van der Waals surface area contributed by atoms with Crippen molar-refractivity contribution in [2.24, 2.45) is 0 Å². The third kappa shape index (κ3) is 2.54. The van der Waals surface area contributed by atoms with E-state index >= 15 is 0 Å². The van der Waals surface area contributed by atoms with Gasteiger partial charge in [-0.15, -0.1) is 0 Å². The third-order valence-corrected chi connectivity index (χ3v) is 3.74. The molecule has 0 spiro atoms. The van der Waals surface area contributed by atoms with Gasteiger partial charge < -0.3 is 4.74 Å². The van der Waals surface area contributed by atoms with E-state index in [4.69, 9.17) is 4.74 Å². The lowest BCUT2D eigenvalue weighted by Crippen LogP contribution is -1.99. The molecule has 1 radical (unpaired) electrons. The predicted octanol–water partition coefficient (Wildman–Crippen LogP) is 2.57. The fraction of sp³-hybridized carbons (Fsp3) is 0.143. The van der Waals surface area contributed by atoms with E-state index in [0.29, 0.717) is 5.56 Å². The van der Waals surface area contributed by atoms with Gasteiger partial charge in [-0.05, 0) is 29.8 Å². The van der Waals surface area contributed by atoms with E-state index < -0.39 is 9.84 Å². The van der Waals surface area contributed by atoms with Gasteiger partial charge in [0.2, 0.25) is 0 Å². The molecule has 0 N–H and O–H groups in total. The zero-order chi connectivity index (χ0) is 13.2. The quantitative estimate of drug-likeness (QED) is 0.853. The van der Waals surface area contributed by atoms with Gasteiger partial charge in [0, 0.05) is 11.8 Å². The Hall–Kier alpha value is -1.81. The second-order valence-electron chi connectivity index (χ2n) is 3.91. The Bertz CT molecular complexity index is 643. The van der Waals surface area contributed by atoms with Crippen molar-refractivity contribution in [2.45, 2.75) is 4.90 Å². The number of hydrogen-bond acceptors (Lipinski definition) is 3. The number of rotatable bonds is 3. The lowest BCUT2D eigenvalue weighted by molar-refractivity contribution is 0.415. The molecule has 2 aromatic carbocycles. The number of hydrogen-bond donors (Lipinski definition) is 0. The molecule has 0 heterocycles. The summed E-state index contributed by atoms with van der Waals surface area (Å²) >= 11 is 0. The van der Waals surface area contributed by atoms with E-state index in [9.17, 15) is 8.42 Å². The van der Waals surface area contributed by atoms with Crippen molar-refractivity contribution in [1.82, 2.24) is 0 Å². The molecule has 4 heteroatoms. The number of ether oxygens (including phenoxy) is 1. The van der Waals surface area contributed by atoms with Crippen molar-refractivity contribution in [2.75, 3.05) is 13.4 Å². The second-order valence-corrected chi connectivity index (χ2v) is 5.89. The molecule has 3 nitrogen and oxygen atoms in total. The topological polar surface area (TPSA) is 43.4 Å². The van der Waals surface area contributed by atoms with Gasteiger partial charge in [-0.1, -0.05) is 24.3 Å². The Morgan fingerprint density at radius 3 is 2.33 bits per heavy atom. The van der Waals surface area contributed by atoms with E-state index in [1.165, 1.54) is 6.26 Å². The highest BCUT2D eigenvalue weighted by Gasteiger charge is 2.13. The smallest absolute Gasteiger partial charge is 0.176 e. The van der Waals surface area contributed by atoms with Crippen LogP contribution in [0.1, 0.15) is 0 Å². The molecule has 0 bridgehead atoms. The van der Waals surface area contributed by atoms with Crippen LogP contribution >= 0.6 is 0 Å². The minimum atomic E-state index is -3.26. The summed E-state index contributed by atoms with van der Waals surface area (Å²) in [7, 11) is -1.67. The summed E-state index contributed by atoms with van der Waals surface area (Å²) in [6, 6.07) is 15.2. The maximum atomic E-state index is 11.7. The predicted molar refractivity (Wildman–Crippen MR) is 70.4 cm³/mol. The molecule has 2 rings (SSSR count). The molecule has 0 saturated heterocycles. The summed E-state index contributed by atoms with van der Waals surface area (Å²) in [5.74, 6) is 0.732. The Labute approximate surface area is 107 Å². The van der Waals surface area contributed by atoms with Crippen LogP contribution in [-0.2, 0) is 9.84 Å². The van der Waals surface area contributed by atoms with Gasteiger partial charge in [-0.25, -0.2) is 8.42 Å². The van der Waals surface area contributed by atoms with E-state index in [-0.39, 0.29) is 4.90 Å². The minimum absolute atomic E-state index is 0.287. The van der Waals surface area contributed by atoms with Crippen LogP contribution in [0.2, 0.25) is 0 Å². The Morgan fingerprint density at radius 2 is 1.78 bits per heavy atom. The molecular formula is C14H13O3S. The summed E-state index contributed by atoms with van der Waals surface area (Å²) in [5, 5.41) is 0. The normalized spacial score (nSPS) is 11.2. The van der Waals surface area contributed by atoms with Gasteiger partial charge in [0.1, 0.15) is 5.75 Å². The lowest BCUT2D eigenvalue weighted by Gasteiger charge is -2.08. The summed E-state index contributed by atoms with van der Waals surface area (Å²) in [6.45, 7) is 0. The van der Waals surface area contributed by atoms with Crippen LogP contribution in [0, 0.1) is 6.07 Å². The van der Waals surface area contributed by atoms with Crippen LogP contribution in [0.15, 0.2) is 47.4 Å². The first-order valence-corrected chi connectivity index (χ1v) is 7.26. The molecule has 0 aromatic heterocycles. The van der Waals surface area contributed by atoms with Crippen LogP contribution in [0.5, 0.6) is 5.75 Å². The minimum Gasteiger partial charge on any atom is -0.497 e. The summed E-state index contributed by atoms with van der Waals surface area (Å²) in [6.07, 6.45) is 1.20. The first kappa shape index (κ1) is 12.6. The highest BCUT2D eigenvalue weighted by Crippen LogP contribution is 2.28. The third-order valence-electron chi connectivity index (χ3n) is 2.60. The summed E-state index contributed by atoms with van der Waals surface area (Å²) in [5.41, 5.74) is 1.39. The van der Waals surface area contributed by atoms with E-state index in [0.717, 1.165) is 11.3 Å². The molecular weight excluding hydrogens is 248 g/mol. The molecule has 93 valence electrons. The van der Waals surface area contributed by atoms with Crippen LogP contribution in [0.4, 0.5) is 0 Å². The molecule has 0 aliphatic carbocycles. The largest absolute Gasteiger partial charge is 0.497 e. The van der Waals surface area contributed by atoms with Gasteiger partial charge in [0.25, 0.3) is 0 Å². The molecule has 0 unspecified atom stereocenters. The van der Waals surface area contributed by atoms with E-state index in [2.05, 4.69) is 6.07 Å². The zero-order valence-electron chi connectivity index (χ0n) is 10.2. The molecule has 0 saturated carbocycles. The van der Waals surface area contributed by atoms with Crippen LogP contribution in [0.25, 0.3) is 11.1 Å². The summed E-state index contributed by atoms with van der Waals surface area (Å²) in [4.78, 5) is 0.287. The SMILES string of the molecule is COc1ccc(-c2[c]cccc2S(C)(=O)=O)cc1. The fourth-order valence-corrected chi connectivity index (χ4v) is 2.59. The standard InChI is InChI=1S/C14H13O3S/c1-17-12-9-7-11(8-10-12)13-5-3-4-6-14(13)18(2,15)16/h3-4,6-10H,1-2H3. The molecule has 0 aliphatic heterocycles. The van der Waals surface area contributed by atoms with E-state index in [1.54, 1.807) is 37.4 Å². The average molecular weight is 261 g/mol. The van der Waals surface area contributed by atoms with Crippen molar-refractivity contribution in [3.8, 4) is 16.9 Å². The Morgan fingerprint density at radius 1 is 1.11 bits per heavy atom. The van der Waals surface area contributed by atoms with Crippen molar-refractivity contribution < 1.29 is 13.2 Å². The maximum absolute atomic E-state index is 11.7.